The molecule has 1 aliphatic rings. The molecule has 3 aromatic rings. The summed E-state index contributed by atoms with van der Waals surface area (Å²) in [6.45, 7) is 0. The minimum atomic E-state index is -4.44. The third kappa shape index (κ3) is 2.84. The topological polar surface area (TPSA) is 70.7 Å². The predicted molar refractivity (Wildman–Crippen MR) is 86.9 cm³/mol. The van der Waals surface area contributed by atoms with Crippen molar-refractivity contribution in [1.82, 2.24) is 15.0 Å². The fourth-order valence-corrected chi connectivity index (χ4v) is 3.13. The Morgan fingerprint density at radius 2 is 2.04 bits per heavy atom. The fourth-order valence-electron chi connectivity index (χ4n) is 3.13. The Kier molecular flexibility index (Phi) is 3.48. The molecule has 0 unspecified atom stereocenters. The molecule has 0 amide bonds. The van der Waals surface area contributed by atoms with Gasteiger partial charge in [0.15, 0.2) is 5.65 Å². The van der Waals surface area contributed by atoms with Crippen molar-refractivity contribution in [3.63, 3.8) is 0 Å². The van der Waals surface area contributed by atoms with E-state index in [2.05, 4.69) is 20.3 Å². The van der Waals surface area contributed by atoms with Crippen LogP contribution in [0.4, 0.5) is 24.8 Å². The lowest BCUT2D eigenvalue weighted by molar-refractivity contribution is -0.137. The van der Waals surface area contributed by atoms with E-state index >= 15 is 0 Å². The van der Waals surface area contributed by atoms with E-state index in [-0.39, 0.29) is 17.2 Å². The molecular formula is C17H13F3N4O. The van der Waals surface area contributed by atoms with Gasteiger partial charge in [-0.2, -0.15) is 18.2 Å². The minimum absolute atomic E-state index is 0.0577. The molecule has 0 fully saturated rings. The number of pyridine rings is 1. The summed E-state index contributed by atoms with van der Waals surface area (Å²) in [6, 6.07) is 4.69. The Labute approximate surface area is 139 Å². The van der Waals surface area contributed by atoms with Crippen molar-refractivity contribution in [3.8, 4) is 0 Å². The number of rotatable bonds is 2. The van der Waals surface area contributed by atoms with E-state index in [0.29, 0.717) is 11.0 Å². The van der Waals surface area contributed by atoms with Crippen LogP contribution < -0.4 is 10.9 Å². The van der Waals surface area contributed by atoms with Gasteiger partial charge in [0.25, 0.3) is 5.56 Å². The molecule has 0 bridgehead atoms. The molecule has 2 heterocycles. The highest BCUT2D eigenvalue weighted by molar-refractivity contribution is 5.80. The van der Waals surface area contributed by atoms with Crippen LogP contribution in [0.2, 0.25) is 0 Å². The molecule has 25 heavy (non-hydrogen) atoms. The summed E-state index contributed by atoms with van der Waals surface area (Å²) < 4.78 is 38.4. The number of aromatic nitrogens is 3. The van der Waals surface area contributed by atoms with Crippen molar-refractivity contribution >= 4 is 22.7 Å². The van der Waals surface area contributed by atoms with Gasteiger partial charge < -0.3 is 5.32 Å². The first-order valence-electron chi connectivity index (χ1n) is 7.77. The van der Waals surface area contributed by atoms with Crippen molar-refractivity contribution in [1.29, 1.82) is 0 Å². The van der Waals surface area contributed by atoms with Crippen molar-refractivity contribution in [2.75, 3.05) is 5.32 Å². The number of nitrogens with one attached hydrogen (secondary N) is 2. The Balaban J connectivity index is 1.74. The highest BCUT2D eigenvalue weighted by atomic mass is 19.4. The van der Waals surface area contributed by atoms with Gasteiger partial charge in [0.2, 0.25) is 5.95 Å². The van der Waals surface area contributed by atoms with E-state index < -0.39 is 11.7 Å². The average Bonchev–Trinajstić information content (AvgIpc) is 3.02. The van der Waals surface area contributed by atoms with Gasteiger partial charge >= 0.3 is 6.18 Å². The van der Waals surface area contributed by atoms with E-state index in [1.54, 1.807) is 6.20 Å². The smallest absolute Gasteiger partial charge is 0.326 e. The summed E-state index contributed by atoms with van der Waals surface area (Å²) in [6.07, 6.45) is -0.0591. The molecule has 0 saturated heterocycles. The molecule has 4 rings (SSSR count). The number of H-pyrrole nitrogens is 1. The lowest BCUT2D eigenvalue weighted by Gasteiger charge is -2.11. The maximum absolute atomic E-state index is 12.8. The van der Waals surface area contributed by atoms with E-state index in [4.69, 9.17) is 0 Å². The van der Waals surface area contributed by atoms with Crippen molar-refractivity contribution in [2.45, 2.75) is 25.4 Å². The number of aryl methyl sites for hydroxylation is 2. The van der Waals surface area contributed by atoms with Crippen LogP contribution in [-0.2, 0) is 19.0 Å². The van der Waals surface area contributed by atoms with Gasteiger partial charge in [0, 0.05) is 11.9 Å². The molecule has 1 aromatic carbocycles. The molecule has 128 valence electrons. The molecule has 5 nitrogen and oxygen atoms in total. The molecular weight excluding hydrogens is 333 g/mol. The van der Waals surface area contributed by atoms with Crippen LogP contribution in [0.5, 0.6) is 0 Å². The largest absolute Gasteiger partial charge is 0.416 e. The quantitative estimate of drug-likeness (QED) is 0.744. The van der Waals surface area contributed by atoms with Crippen LogP contribution in [0.1, 0.15) is 23.1 Å². The molecule has 2 aromatic heterocycles. The Morgan fingerprint density at radius 1 is 1.20 bits per heavy atom. The zero-order valence-corrected chi connectivity index (χ0v) is 12.9. The monoisotopic (exact) mass is 346 g/mol. The summed E-state index contributed by atoms with van der Waals surface area (Å²) in [4.78, 5) is 23.5. The third-order valence-corrected chi connectivity index (χ3v) is 4.26. The number of nitrogens with zero attached hydrogens (tertiary/aromatic N) is 2. The van der Waals surface area contributed by atoms with Crippen LogP contribution in [0, 0.1) is 0 Å². The van der Waals surface area contributed by atoms with Crippen molar-refractivity contribution < 1.29 is 13.2 Å². The van der Waals surface area contributed by atoms with E-state index in [1.165, 1.54) is 12.1 Å². The Morgan fingerprint density at radius 3 is 2.84 bits per heavy atom. The lowest BCUT2D eigenvalue weighted by atomic mass is 10.1. The highest BCUT2D eigenvalue weighted by Gasteiger charge is 2.30. The second-order valence-electron chi connectivity index (χ2n) is 5.93. The Bertz CT molecular complexity index is 1030. The first-order chi connectivity index (χ1) is 11.9. The van der Waals surface area contributed by atoms with E-state index in [0.717, 1.165) is 42.5 Å². The summed E-state index contributed by atoms with van der Waals surface area (Å²) in [5.41, 5.74) is 1.36. The van der Waals surface area contributed by atoms with Gasteiger partial charge in [-0.1, -0.05) is 6.07 Å². The fraction of sp³-hybridized carbons (Fsp3) is 0.235. The van der Waals surface area contributed by atoms with Crippen molar-refractivity contribution in [2.24, 2.45) is 0 Å². The average molecular weight is 346 g/mol. The number of aromatic amines is 1. The predicted octanol–water partition coefficient (Wildman–Crippen LogP) is 3.57. The number of alkyl halides is 3. The molecule has 1 aliphatic carbocycles. The molecule has 2 N–H and O–H groups in total. The maximum Gasteiger partial charge on any atom is 0.416 e. The summed E-state index contributed by atoms with van der Waals surface area (Å²) >= 11 is 0. The number of hydrogen-bond acceptors (Lipinski definition) is 4. The summed E-state index contributed by atoms with van der Waals surface area (Å²) in [7, 11) is 0. The zero-order valence-electron chi connectivity index (χ0n) is 12.9. The SMILES string of the molecule is O=c1[nH]c(Nc2cccc(C(F)(F)F)c2)nc2ncc3c(c12)CCC3. The molecule has 0 radical (unpaired) electrons. The number of halogens is 3. The van der Waals surface area contributed by atoms with Gasteiger partial charge in [-0.25, -0.2) is 4.98 Å². The maximum atomic E-state index is 12.8. The van der Waals surface area contributed by atoms with Gasteiger partial charge in [0.05, 0.1) is 10.9 Å². The second kappa shape index (κ2) is 5.58. The van der Waals surface area contributed by atoms with Crippen molar-refractivity contribution in [3.05, 3.63) is 57.5 Å². The number of fused-ring (bicyclic) bond motifs is 3. The van der Waals surface area contributed by atoms with Crippen LogP contribution in [0.15, 0.2) is 35.3 Å². The Hall–Kier alpha value is -2.90. The van der Waals surface area contributed by atoms with Crippen LogP contribution in [-0.4, -0.2) is 15.0 Å². The van der Waals surface area contributed by atoms with E-state index in [1.807, 2.05) is 0 Å². The second-order valence-corrected chi connectivity index (χ2v) is 5.93. The normalized spacial score (nSPS) is 13.9. The molecule has 0 spiro atoms. The van der Waals surface area contributed by atoms with Gasteiger partial charge in [0.1, 0.15) is 0 Å². The summed E-state index contributed by atoms with van der Waals surface area (Å²) in [5.74, 6) is 0.0577. The zero-order chi connectivity index (χ0) is 17.6. The first kappa shape index (κ1) is 15.6. The number of benzene rings is 1. The first-order valence-corrected chi connectivity index (χ1v) is 7.77. The van der Waals surface area contributed by atoms with Crippen LogP contribution in [0.3, 0.4) is 0 Å². The number of anilines is 2. The lowest BCUT2D eigenvalue weighted by Crippen LogP contribution is -2.14. The number of hydrogen-bond donors (Lipinski definition) is 2. The minimum Gasteiger partial charge on any atom is -0.326 e. The van der Waals surface area contributed by atoms with Gasteiger partial charge in [-0.05, 0) is 48.6 Å². The standard InChI is InChI=1S/C17H13F3N4O/c18-17(19,20)10-4-2-5-11(7-10)22-16-23-14-13(15(25)24-16)12-6-1-3-9(12)8-21-14/h2,4-5,7-8H,1,3,6H2,(H2,21,22,23,24,25). The highest BCUT2D eigenvalue weighted by Crippen LogP contribution is 2.31. The van der Waals surface area contributed by atoms with Gasteiger partial charge in [-0.15, -0.1) is 0 Å². The van der Waals surface area contributed by atoms with E-state index in [9.17, 15) is 18.0 Å². The van der Waals surface area contributed by atoms with Crippen LogP contribution in [0.25, 0.3) is 11.0 Å². The molecule has 0 saturated carbocycles. The molecule has 0 aliphatic heterocycles. The summed E-state index contributed by atoms with van der Waals surface area (Å²) in [5, 5.41) is 3.17. The van der Waals surface area contributed by atoms with Crippen LogP contribution >= 0.6 is 0 Å². The van der Waals surface area contributed by atoms with Gasteiger partial charge in [-0.3, -0.25) is 9.78 Å². The molecule has 8 heteroatoms. The molecule has 0 atom stereocenters. The third-order valence-electron chi connectivity index (χ3n) is 4.26.